The van der Waals surface area contributed by atoms with Crippen LogP contribution in [0.3, 0.4) is 0 Å². The highest BCUT2D eigenvalue weighted by Gasteiger charge is 2.09. The minimum atomic E-state index is -0.278. The van der Waals surface area contributed by atoms with E-state index < -0.39 is 0 Å². The molecule has 0 heterocycles. The van der Waals surface area contributed by atoms with Crippen LogP contribution in [0.4, 0.5) is 11.4 Å². The van der Waals surface area contributed by atoms with Crippen LogP contribution in [-0.2, 0) is 9.53 Å². The number of methoxy groups -OCH3 is 1. The number of rotatable bonds is 5. The Morgan fingerprint density at radius 3 is 2.45 bits per heavy atom. The Kier molecular flexibility index (Phi) is 5.52. The van der Waals surface area contributed by atoms with Gasteiger partial charge in [0, 0.05) is 18.4 Å². The van der Waals surface area contributed by atoms with Gasteiger partial charge in [-0.15, -0.1) is 0 Å². The number of nitrogens with one attached hydrogen (secondary N) is 2. The summed E-state index contributed by atoms with van der Waals surface area (Å²) in [5.74, 6) is -0.529. The smallest absolute Gasteiger partial charge is 0.255 e. The Bertz CT molecular complexity index is 674. The Balaban J connectivity index is 2.07. The lowest BCUT2D eigenvalue weighted by Crippen LogP contribution is -2.17. The quantitative estimate of drug-likeness (QED) is 0.889. The van der Waals surface area contributed by atoms with Crippen molar-refractivity contribution in [3.63, 3.8) is 0 Å². The lowest BCUT2D eigenvalue weighted by molar-refractivity contribution is -0.119. The molecule has 0 radical (unpaired) electrons. The zero-order valence-corrected chi connectivity index (χ0v) is 12.7. The molecular formula is C16H15ClN2O3. The van der Waals surface area contributed by atoms with E-state index in [0.29, 0.717) is 22.0 Å². The van der Waals surface area contributed by atoms with Gasteiger partial charge in [-0.05, 0) is 30.3 Å². The van der Waals surface area contributed by atoms with E-state index in [4.69, 9.17) is 16.3 Å². The first kappa shape index (κ1) is 16.0. The van der Waals surface area contributed by atoms with Crippen molar-refractivity contribution < 1.29 is 14.3 Å². The van der Waals surface area contributed by atoms with Gasteiger partial charge < -0.3 is 15.4 Å². The summed E-state index contributed by atoms with van der Waals surface area (Å²) in [7, 11) is 1.44. The molecule has 6 heteroatoms. The number of hydrogen-bond acceptors (Lipinski definition) is 3. The molecule has 0 saturated carbocycles. The van der Waals surface area contributed by atoms with E-state index in [1.54, 1.807) is 42.5 Å². The zero-order valence-electron chi connectivity index (χ0n) is 11.9. The van der Waals surface area contributed by atoms with Crippen molar-refractivity contribution in [2.24, 2.45) is 0 Å². The molecule has 0 atom stereocenters. The standard InChI is InChI=1S/C16H15ClN2O3/c1-22-10-15(20)18-12-7-8-14(13(17)9-12)19-16(21)11-5-3-2-4-6-11/h2-9H,10H2,1H3,(H,18,20)(H,19,21). The summed E-state index contributed by atoms with van der Waals surface area (Å²) in [5.41, 5.74) is 1.54. The van der Waals surface area contributed by atoms with E-state index in [1.807, 2.05) is 6.07 Å². The predicted octanol–water partition coefficient (Wildman–Crippen LogP) is 3.18. The second kappa shape index (κ2) is 7.59. The second-order valence-electron chi connectivity index (χ2n) is 4.50. The lowest BCUT2D eigenvalue weighted by atomic mass is 10.2. The molecule has 114 valence electrons. The predicted molar refractivity (Wildman–Crippen MR) is 86.4 cm³/mol. The van der Waals surface area contributed by atoms with Gasteiger partial charge in [-0.3, -0.25) is 9.59 Å². The van der Waals surface area contributed by atoms with Crippen LogP contribution >= 0.6 is 11.6 Å². The summed E-state index contributed by atoms with van der Waals surface area (Å²) in [6.45, 7) is -0.0376. The number of hydrogen-bond donors (Lipinski definition) is 2. The van der Waals surface area contributed by atoms with Gasteiger partial charge in [0.1, 0.15) is 6.61 Å². The van der Waals surface area contributed by atoms with Crippen LogP contribution in [-0.4, -0.2) is 25.5 Å². The summed E-state index contributed by atoms with van der Waals surface area (Å²) >= 11 is 6.12. The molecule has 0 fully saturated rings. The number of amides is 2. The highest BCUT2D eigenvalue weighted by molar-refractivity contribution is 6.34. The molecule has 5 nitrogen and oxygen atoms in total. The first-order chi connectivity index (χ1) is 10.6. The third-order valence-electron chi connectivity index (χ3n) is 2.81. The number of carbonyl (C=O) groups is 2. The molecule has 22 heavy (non-hydrogen) atoms. The van der Waals surface area contributed by atoms with Crippen molar-refractivity contribution in [3.05, 3.63) is 59.1 Å². The lowest BCUT2D eigenvalue weighted by Gasteiger charge is -2.10. The normalized spacial score (nSPS) is 10.1. The van der Waals surface area contributed by atoms with Crippen molar-refractivity contribution in [2.45, 2.75) is 0 Å². The number of carbonyl (C=O) groups excluding carboxylic acids is 2. The van der Waals surface area contributed by atoms with Crippen LogP contribution in [0.1, 0.15) is 10.4 Å². The van der Waals surface area contributed by atoms with Crippen molar-refractivity contribution in [3.8, 4) is 0 Å². The summed E-state index contributed by atoms with van der Waals surface area (Å²) in [6.07, 6.45) is 0. The Morgan fingerprint density at radius 1 is 1.09 bits per heavy atom. The van der Waals surface area contributed by atoms with Crippen LogP contribution in [0.5, 0.6) is 0 Å². The molecule has 2 aromatic rings. The van der Waals surface area contributed by atoms with Crippen LogP contribution in [0.15, 0.2) is 48.5 Å². The highest BCUT2D eigenvalue weighted by Crippen LogP contribution is 2.26. The summed E-state index contributed by atoms with van der Waals surface area (Å²) in [5, 5.41) is 5.69. The van der Waals surface area contributed by atoms with Crippen LogP contribution in [0.2, 0.25) is 5.02 Å². The molecule has 2 N–H and O–H groups in total. The zero-order chi connectivity index (χ0) is 15.9. The average Bonchev–Trinajstić information content (AvgIpc) is 2.51. The molecule has 0 unspecified atom stereocenters. The first-order valence-corrected chi connectivity index (χ1v) is 6.92. The van der Waals surface area contributed by atoms with Gasteiger partial charge >= 0.3 is 0 Å². The van der Waals surface area contributed by atoms with E-state index in [0.717, 1.165) is 0 Å². The molecule has 0 spiro atoms. The van der Waals surface area contributed by atoms with Crippen molar-refractivity contribution in [1.29, 1.82) is 0 Å². The molecule has 0 aliphatic heterocycles. The van der Waals surface area contributed by atoms with Gasteiger partial charge in [-0.2, -0.15) is 0 Å². The van der Waals surface area contributed by atoms with Crippen LogP contribution < -0.4 is 10.6 Å². The maximum Gasteiger partial charge on any atom is 0.255 e. The van der Waals surface area contributed by atoms with Crippen molar-refractivity contribution in [1.82, 2.24) is 0 Å². The third-order valence-corrected chi connectivity index (χ3v) is 3.13. The SMILES string of the molecule is COCC(=O)Nc1ccc(NC(=O)c2ccccc2)c(Cl)c1. The van der Waals surface area contributed by atoms with Gasteiger partial charge in [0.2, 0.25) is 5.91 Å². The van der Waals surface area contributed by atoms with E-state index in [1.165, 1.54) is 7.11 Å². The molecule has 0 aliphatic rings. The van der Waals surface area contributed by atoms with Gasteiger partial charge in [0.15, 0.2) is 0 Å². The largest absolute Gasteiger partial charge is 0.375 e. The minimum Gasteiger partial charge on any atom is -0.375 e. The fourth-order valence-electron chi connectivity index (χ4n) is 1.81. The molecule has 0 bridgehead atoms. The van der Waals surface area contributed by atoms with E-state index in [-0.39, 0.29) is 18.4 Å². The van der Waals surface area contributed by atoms with Crippen molar-refractivity contribution >= 4 is 34.8 Å². The fraction of sp³-hybridized carbons (Fsp3) is 0.125. The first-order valence-electron chi connectivity index (χ1n) is 6.55. The Hall–Kier alpha value is -2.37. The van der Waals surface area contributed by atoms with Gasteiger partial charge in [-0.1, -0.05) is 29.8 Å². The maximum atomic E-state index is 12.1. The summed E-state index contributed by atoms with van der Waals surface area (Å²) in [6, 6.07) is 13.7. The van der Waals surface area contributed by atoms with E-state index in [9.17, 15) is 9.59 Å². The highest BCUT2D eigenvalue weighted by atomic mass is 35.5. The number of halogens is 1. The Morgan fingerprint density at radius 2 is 1.82 bits per heavy atom. The van der Waals surface area contributed by atoms with Crippen LogP contribution in [0, 0.1) is 0 Å². The maximum absolute atomic E-state index is 12.1. The van der Waals surface area contributed by atoms with Gasteiger partial charge in [0.25, 0.3) is 5.91 Å². The van der Waals surface area contributed by atoms with Gasteiger partial charge in [0.05, 0.1) is 10.7 Å². The second-order valence-corrected chi connectivity index (χ2v) is 4.90. The number of anilines is 2. The minimum absolute atomic E-state index is 0.0376. The van der Waals surface area contributed by atoms with Gasteiger partial charge in [-0.25, -0.2) is 0 Å². The molecular weight excluding hydrogens is 304 g/mol. The van der Waals surface area contributed by atoms with Crippen molar-refractivity contribution in [2.75, 3.05) is 24.4 Å². The topological polar surface area (TPSA) is 67.4 Å². The molecule has 2 amide bonds. The Labute approximate surface area is 133 Å². The summed E-state index contributed by atoms with van der Waals surface area (Å²) < 4.78 is 4.73. The summed E-state index contributed by atoms with van der Waals surface area (Å²) in [4.78, 5) is 23.5. The number of benzene rings is 2. The average molecular weight is 319 g/mol. The third kappa shape index (κ3) is 4.31. The number of ether oxygens (including phenoxy) is 1. The molecule has 0 aliphatic carbocycles. The van der Waals surface area contributed by atoms with Crippen LogP contribution in [0.25, 0.3) is 0 Å². The molecule has 2 rings (SSSR count). The fourth-order valence-corrected chi connectivity index (χ4v) is 2.03. The molecule has 2 aromatic carbocycles. The van der Waals surface area contributed by atoms with E-state index >= 15 is 0 Å². The van der Waals surface area contributed by atoms with E-state index in [2.05, 4.69) is 10.6 Å². The molecule has 0 saturated heterocycles. The monoisotopic (exact) mass is 318 g/mol. The molecule has 0 aromatic heterocycles.